The first-order chi connectivity index (χ1) is 9.49. The summed E-state index contributed by atoms with van der Waals surface area (Å²) in [6, 6.07) is 0.757. The van der Waals surface area contributed by atoms with E-state index in [1.807, 2.05) is 0 Å². The molecule has 0 heterocycles. The lowest BCUT2D eigenvalue weighted by Gasteiger charge is -2.46. The van der Waals surface area contributed by atoms with E-state index in [4.69, 9.17) is 0 Å². The lowest BCUT2D eigenvalue weighted by atomic mass is 9.62. The van der Waals surface area contributed by atoms with Crippen molar-refractivity contribution in [3.63, 3.8) is 0 Å². The maximum Gasteiger partial charge on any atom is 0.00999 e. The van der Waals surface area contributed by atoms with Gasteiger partial charge >= 0.3 is 0 Å². The van der Waals surface area contributed by atoms with Crippen molar-refractivity contribution >= 4 is 0 Å². The Morgan fingerprint density at radius 1 is 1.00 bits per heavy atom. The van der Waals surface area contributed by atoms with Gasteiger partial charge in [-0.05, 0) is 80.6 Å². The van der Waals surface area contributed by atoms with Crippen molar-refractivity contribution in [2.75, 3.05) is 7.05 Å². The first kappa shape index (κ1) is 14.9. The van der Waals surface area contributed by atoms with Crippen molar-refractivity contribution in [2.24, 2.45) is 35.0 Å². The molecule has 0 amide bonds. The molecule has 6 unspecified atom stereocenters. The van der Waals surface area contributed by atoms with Gasteiger partial charge < -0.3 is 5.32 Å². The Labute approximate surface area is 126 Å². The molecule has 1 nitrogen and oxygen atoms in total. The van der Waals surface area contributed by atoms with Gasteiger partial charge in [-0.1, -0.05) is 33.6 Å². The fourth-order valence-electron chi connectivity index (χ4n) is 6.09. The van der Waals surface area contributed by atoms with Gasteiger partial charge in [-0.2, -0.15) is 0 Å². The second-order valence-electron chi connectivity index (χ2n) is 9.05. The highest BCUT2D eigenvalue weighted by molar-refractivity contribution is 4.96. The van der Waals surface area contributed by atoms with Crippen LogP contribution in [-0.2, 0) is 0 Å². The van der Waals surface area contributed by atoms with E-state index in [9.17, 15) is 0 Å². The van der Waals surface area contributed by atoms with Gasteiger partial charge in [0.2, 0.25) is 0 Å². The molecule has 20 heavy (non-hydrogen) atoms. The summed E-state index contributed by atoms with van der Waals surface area (Å²) in [5, 5.41) is 3.65. The maximum absolute atomic E-state index is 3.65. The molecule has 116 valence electrons. The van der Waals surface area contributed by atoms with Gasteiger partial charge in [0.05, 0.1) is 0 Å². The van der Waals surface area contributed by atoms with Crippen molar-refractivity contribution in [1.29, 1.82) is 0 Å². The zero-order valence-electron chi connectivity index (χ0n) is 14.1. The van der Waals surface area contributed by atoms with Crippen LogP contribution in [0.1, 0.15) is 72.1 Å². The SMILES string of the molecule is CNC1CC(C)CCC1C(C)(C)CC1CC2CCC1C2. The van der Waals surface area contributed by atoms with Gasteiger partial charge in [0.15, 0.2) is 0 Å². The number of fused-ring (bicyclic) bond motifs is 2. The largest absolute Gasteiger partial charge is 0.317 e. The molecule has 0 spiro atoms. The molecule has 0 aromatic heterocycles. The predicted octanol–water partition coefficient (Wildman–Crippen LogP) is 4.86. The van der Waals surface area contributed by atoms with E-state index in [0.717, 1.165) is 35.6 Å². The molecular formula is C19H35N. The highest BCUT2D eigenvalue weighted by Crippen LogP contribution is 2.54. The molecule has 3 aliphatic carbocycles. The van der Waals surface area contributed by atoms with Crippen LogP contribution in [0.15, 0.2) is 0 Å². The molecule has 3 fully saturated rings. The van der Waals surface area contributed by atoms with Gasteiger partial charge in [-0.25, -0.2) is 0 Å². The summed E-state index contributed by atoms with van der Waals surface area (Å²) in [7, 11) is 2.18. The third kappa shape index (κ3) is 2.80. The Bertz CT molecular complexity index is 335. The summed E-state index contributed by atoms with van der Waals surface area (Å²) in [5.41, 5.74) is 0.531. The van der Waals surface area contributed by atoms with Crippen LogP contribution in [0.5, 0.6) is 0 Å². The van der Waals surface area contributed by atoms with Crippen LogP contribution < -0.4 is 5.32 Å². The van der Waals surface area contributed by atoms with Crippen molar-refractivity contribution in [3.8, 4) is 0 Å². The monoisotopic (exact) mass is 277 g/mol. The van der Waals surface area contributed by atoms with E-state index in [-0.39, 0.29) is 0 Å². The molecule has 3 aliphatic rings. The lowest BCUT2D eigenvalue weighted by Crippen LogP contribution is -2.46. The van der Waals surface area contributed by atoms with Crippen molar-refractivity contribution in [2.45, 2.75) is 78.2 Å². The molecule has 0 aromatic carbocycles. The summed E-state index contributed by atoms with van der Waals surface area (Å²) >= 11 is 0. The summed E-state index contributed by atoms with van der Waals surface area (Å²) in [5.74, 6) is 5.06. The van der Waals surface area contributed by atoms with Crippen LogP contribution in [-0.4, -0.2) is 13.1 Å². The van der Waals surface area contributed by atoms with Gasteiger partial charge in [0.25, 0.3) is 0 Å². The Hall–Kier alpha value is -0.0400. The van der Waals surface area contributed by atoms with E-state index < -0.39 is 0 Å². The molecule has 0 radical (unpaired) electrons. The first-order valence-corrected chi connectivity index (χ1v) is 9.17. The van der Waals surface area contributed by atoms with Crippen LogP contribution >= 0.6 is 0 Å². The van der Waals surface area contributed by atoms with Crippen LogP contribution in [0.3, 0.4) is 0 Å². The van der Waals surface area contributed by atoms with E-state index in [0.29, 0.717) is 5.41 Å². The zero-order valence-corrected chi connectivity index (χ0v) is 14.1. The van der Waals surface area contributed by atoms with Crippen molar-refractivity contribution in [1.82, 2.24) is 5.32 Å². The smallest absolute Gasteiger partial charge is 0.00999 e. The standard InChI is InChI=1S/C19H35N/c1-13-5-8-17(18(9-13)20-4)19(2,3)12-16-11-14-6-7-15(16)10-14/h13-18,20H,5-12H2,1-4H3. The highest BCUT2D eigenvalue weighted by atomic mass is 14.9. The minimum atomic E-state index is 0.531. The van der Waals surface area contributed by atoms with Crippen LogP contribution in [0, 0.1) is 35.0 Å². The molecule has 0 saturated heterocycles. The third-order valence-electron chi connectivity index (χ3n) is 7.16. The lowest BCUT2D eigenvalue weighted by molar-refractivity contribution is 0.0648. The predicted molar refractivity (Wildman–Crippen MR) is 86.7 cm³/mol. The van der Waals surface area contributed by atoms with Crippen molar-refractivity contribution < 1.29 is 0 Å². The fraction of sp³-hybridized carbons (Fsp3) is 1.00. The third-order valence-corrected chi connectivity index (χ3v) is 7.16. The minimum Gasteiger partial charge on any atom is -0.317 e. The molecule has 1 N–H and O–H groups in total. The van der Waals surface area contributed by atoms with Crippen LogP contribution in [0.2, 0.25) is 0 Å². The molecule has 0 aromatic rings. The second kappa shape index (κ2) is 5.63. The van der Waals surface area contributed by atoms with Gasteiger partial charge in [-0.15, -0.1) is 0 Å². The molecule has 3 saturated carbocycles. The second-order valence-corrected chi connectivity index (χ2v) is 9.05. The highest BCUT2D eigenvalue weighted by Gasteiger charge is 2.45. The van der Waals surface area contributed by atoms with Gasteiger partial charge in [-0.3, -0.25) is 0 Å². The number of hydrogen-bond acceptors (Lipinski definition) is 1. The molecule has 0 aliphatic heterocycles. The summed E-state index contributed by atoms with van der Waals surface area (Å²) < 4.78 is 0. The Morgan fingerprint density at radius 2 is 1.80 bits per heavy atom. The molecule has 1 heteroatoms. The average Bonchev–Trinajstić information content (AvgIpc) is 2.99. The Balaban J connectivity index is 1.64. The average molecular weight is 277 g/mol. The maximum atomic E-state index is 3.65. The molecule has 2 bridgehead atoms. The number of rotatable bonds is 4. The first-order valence-electron chi connectivity index (χ1n) is 9.17. The Morgan fingerprint density at radius 3 is 2.40 bits per heavy atom. The Kier molecular flexibility index (Phi) is 4.19. The summed E-state index contributed by atoms with van der Waals surface area (Å²) in [6.07, 6.45) is 12.0. The number of nitrogens with one attached hydrogen (secondary N) is 1. The summed E-state index contributed by atoms with van der Waals surface area (Å²) in [4.78, 5) is 0. The molecule has 6 atom stereocenters. The van der Waals surface area contributed by atoms with Crippen LogP contribution in [0.4, 0.5) is 0 Å². The molecular weight excluding hydrogens is 242 g/mol. The van der Waals surface area contributed by atoms with E-state index in [2.05, 4.69) is 33.1 Å². The summed E-state index contributed by atoms with van der Waals surface area (Å²) in [6.45, 7) is 7.58. The minimum absolute atomic E-state index is 0.531. The zero-order chi connectivity index (χ0) is 14.3. The van der Waals surface area contributed by atoms with Gasteiger partial charge in [0, 0.05) is 6.04 Å². The molecule has 3 rings (SSSR count). The van der Waals surface area contributed by atoms with Crippen molar-refractivity contribution in [3.05, 3.63) is 0 Å². The number of hydrogen-bond donors (Lipinski definition) is 1. The van der Waals surface area contributed by atoms with E-state index in [1.165, 1.54) is 25.7 Å². The van der Waals surface area contributed by atoms with Crippen LogP contribution in [0.25, 0.3) is 0 Å². The van der Waals surface area contributed by atoms with E-state index >= 15 is 0 Å². The quantitative estimate of drug-likeness (QED) is 0.773. The van der Waals surface area contributed by atoms with Gasteiger partial charge in [0.1, 0.15) is 0 Å². The van der Waals surface area contributed by atoms with E-state index in [1.54, 1.807) is 25.7 Å². The normalized spacial score (nSPS) is 45.0. The topological polar surface area (TPSA) is 12.0 Å². The fourth-order valence-corrected chi connectivity index (χ4v) is 6.09.